The molecule has 1 aliphatic heterocycles. The summed E-state index contributed by atoms with van der Waals surface area (Å²) >= 11 is 0. The summed E-state index contributed by atoms with van der Waals surface area (Å²) in [6.07, 6.45) is 3.06. The summed E-state index contributed by atoms with van der Waals surface area (Å²) in [5, 5.41) is 3.30. The van der Waals surface area contributed by atoms with Crippen LogP contribution in [0.2, 0.25) is 0 Å². The number of hydrogen-bond donors (Lipinski definition) is 1. The van der Waals surface area contributed by atoms with Crippen molar-refractivity contribution < 1.29 is 4.79 Å². The second kappa shape index (κ2) is 6.40. The minimum atomic E-state index is -0.336. The van der Waals surface area contributed by atoms with Gasteiger partial charge in [0.15, 0.2) is 0 Å². The van der Waals surface area contributed by atoms with E-state index in [0.717, 1.165) is 25.9 Å². The van der Waals surface area contributed by atoms with E-state index in [2.05, 4.69) is 31.3 Å². The van der Waals surface area contributed by atoms with Crippen molar-refractivity contribution in [3.63, 3.8) is 0 Å². The van der Waals surface area contributed by atoms with Gasteiger partial charge >= 0.3 is 0 Å². The molecule has 3 nitrogen and oxygen atoms in total. The van der Waals surface area contributed by atoms with E-state index in [1.54, 1.807) is 0 Å². The molecule has 1 aromatic rings. The van der Waals surface area contributed by atoms with Crippen LogP contribution in [0.3, 0.4) is 0 Å². The van der Waals surface area contributed by atoms with Crippen LogP contribution < -0.4 is 5.32 Å². The largest absolute Gasteiger partial charge is 0.341 e. The molecule has 0 aromatic heterocycles. The molecule has 0 saturated carbocycles. The van der Waals surface area contributed by atoms with Gasteiger partial charge in [0, 0.05) is 24.5 Å². The summed E-state index contributed by atoms with van der Waals surface area (Å²) in [6, 6.07) is 10.7. The van der Waals surface area contributed by atoms with Gasteiger partial charge in [0.1, 0.15) is 0 Å². The summed E-state index contributed by atoms with van der Waals surface area (Å²) in [5.41, 5.74) is 0.893. The molecule has 0 spiro atoms. The highest BCUT2D eigenvalue weighted by Gasteiger charge is 2.34. The van der Waals surface area contributed by atoms with Crippen LogP contribution in [0.1, 0.15) is 32.3 Å². The normalized spacial score (nSPS) is 19.9. The predicted molar refractivity (Wildman–Crippen MR) is 82.6 cm³/mol. The second-order valence-corrected chi connectivity index (χ2v) is 6.43. The maximum Gasteiger partial charge on any atom is 0.228 e. The lowest BCUT2D eigenvalue weighted by Gasteiger charge is -2.37. The van der Waals surface area contributed by atoms with Crippen molar-refractivity contribution in [2.75, 3.05) is 20.1 Å². The van der Waals surface area contributed by atoms with Gasteiger partial charge in [0.2, 0.25) is 5.91 Å². The first kappa shape index (κ1) is 15.0. The van der Waals surface area contributed by atoms with Crippen molar-refractivity contribution in [3.05, 3.63) is 35.9 Å². The molecule has 2 rings (SSSR count). The smallest absolute Gasteiger partial charge is 0.228 e. The molecule has 1 fully saturated rings. The molecule has 1 amide bonds. The number of carbonyl (C=O) groups is 1. The van der Waals surface area contributed by atoms with E-state index in [9.17, 15) is 4.79 Å². The maximum atomic E-state index is 12.8. The van der Waals surface area contributed by atoms with E-state index in [4.69, 9.17) is 0 Å². The Morgan fingerprint density at radius 1 is 1.35 bits per heavy atom. The van der Waals surface area contributed by atoms with Gasteiger partial charge < -0.3 is 10.2 Å². The Labute approximate surface area is 122 Å². The molecule has 1 aromatic carbocycles. The predicted octanol–water partition coefficient (Wildman–Crippen LogP) is 2.47. The molecule has 1 unspecified atom stereocenters. The van der Waals surface area contributed by atoms with Crippen LogP contribution >= 0.6 is 0 Å². The average molecular weight is 274 g/mol. The van der Waals surface area contributed by atoms with Gasteiger partial charge in [0.05, 0.1) is 0 Å². The molecule has 110 valence electrons. The monoisotopic (exact) mass is 274 g/mol. The fraction of sp³-hybridized carbons (Fsp3) is 0.588. The fourth-order valence-electron chi connectivity index (χ4n) is 3.01. The average Bonchev–Trinajstić information content (AvgIpc) is 2.47. The van der Waals surface area contributed by atoms with Gasteiger partial charge in [0.25, 0.3) is 0 Å². The zero-order chi connectivity index (χ0) is 14.6. The summed E-state index contributed by atoms with van der Waals surface area (Å²) in [6.45, 7) is 5.86. The van der Waals surface area contributed by atoms with Gasteiger partial charge in [-0.2, -0.15) is 0 Å². The quantitative estimate of drug-likeness (QED) is 0.915. The number of amides is 1. The molecule has 1 aliphatic rings. The summed E-state index contributed by atoms with van der Waals surface area (Å²) in [7, 11) is 1.98. The molecule has 1 saturated heterocycles. The Kier molecular flexibility index (Phi) is 4.81. The van der Waals surface area contributed by atoms with E-state index in [1.165, 1.54) is 12.0 Å². The highest BCUT2D eigenvalue weighted by Crippen LogP contribution is 2.26. The number of carbonyl (C=O) groups excluding carboxylic acids is 1. The van der Waals surface area contributed by atoms with Crippen molar-refractivity contribution in [1.29, 1.82) is 0 Å². The van der Waals surface area contributed by atoms with Crippen molar-refractivity contribution in [2.24, 2.45) is 5.41 Å². The second-order valence-electron chi connectivity index (χ2n) is 6.43. The first-order valence-electron chi connectivity index (χ1n) is 7.53. The molecule has 3 heteroatoms. The van der Waals surface area contributed by atoms with Crippen LogP contribution in [0.15, 0.2) is 30.3 Å². The zero-order valence-electron chi connectivity index (χ0n) is 12.9. The number of piperidine rings is 1. The number of rotatable bonds is 4. The molecular weight excluding hydrogens is 248 g/mol. The molecular formula is C17H26N2O. The van der Waals surface area contributed by atoms with E-state index < -0.39 is 0 Å². The zero-order valence-corrected chi connectivity index (χ0v) is 12.9. The van der Waals surface area contributed by atoms with E-state index >= 15 is 0 Å². The maximum absolute atomic E-state index is 12.8. The van der Waals surface area contributed by atoms with Crippen LogP contribution in [0, 0.1) is 5.41 Å². The fourth-order valence-corrected chi connectivity index (χ4v) is 3.01. The highest BCUT2D eigenvalue weighted by molar-refractivity contribution is 5.82. The number of nitrogens with one attached hydrogen (secondary N) is 1. The molecule has 20 heavy (non-hydrogen) atoms. The minimum Gasteiger partial charge on any atom is -0.341 e. The third-order valence-corrected chi connectivity index (χ3v) is 4.18. The van der Waals surface area contributed by atoms with Crippen molar-refractivity contribution in [1.82, 2.24) is 10.2 Å². The molecule has 1 atom stereocenters. The van der Waals surface area contributed by atoms with Gasteiger partial charge in [-0.1, -0.05) is 44.2 Å². The number of nitrogens with zero attached hydrogens (tertiary/aromatic N) is 1. The van der Waals surface area contributed by atoms with Crippen LogP contribution in [0.25, 0.3) is 0 Å². The van der Waals surface area contributed by atoms with Gasteiger partial charge in [-0.05, 0) is 31.9 Å². The summed E-state index contributed by atoms with van der Waals surface area (Å²) in [5.74, 6) is 0.279. The van der Waals surface area contributed by atoms with Gasteiger partial charge in [-0.3, -0.25) is 4.79 Å². The molecule has 0 radical (unpaired) electrons. The molecule has 0 aliphatic carbocycles. The number of hydrogen-bond acceptors (Lipinski definition) is 2. The number of likely N-dealkylation sites (tertiary alicyclic amines) is 1. The SMILES string of the molecule is CNC1CCCN(C(=O)C(C)(C)Cc2ccccc2)C1. The lowest BCUT2D eigenvalue weighted by atomic mass is 9.83. The van der Waals surface area contributed by atoms with Crippen LogP contribution in [0.4, 0.5) is 0 Å². The van der Waals surface area contributed by atoms with E-state index in [1.807, 2.05) is 30.1 Å². The minimum absolute atomic E-state index is 0.279. The van der Waals surface area contributed by atoms with Crippen molar-refractivity contribution in [2.45, 2.75) is 39.2 Å². The topological polar surface area (TPSA) is 32.3 Å². The lowest BCUT2D eigenvalue weighted by molar-refractivity contribution is -0.141. The molecule has 1 heterocycles. The van der Waals surface area contributed by atoms with E-state index in [-0.39, 0.29) is 11.3 Å². The Bertz CT molecular complexity index is 442. The van der Waals surface area contributed by atoms with Crippen LogP contribution in [0.5, 0.6) is 0 Å². The Morgan fingerprint density at radius 2 is 2.05 bits per heavy atom. The van der Waals surface area contributed by atoms with Crippen LogP contribution in [-0.2, 0) is 11.2 Å². The third-order valence-electron chi connectivity index (χ3n) is 4.18. The van der Waals surface area contributed by atoms with E-state index in [0.29, 0.717) is 6.04 Å². The number of benzene rings is 1. The summed E-state index contributed by atoms with van der Waals surface area (Å²) < 4.78 is 0. The van der Waals surface area contributed by atoms with Crippen molar-refractivity contribution in [3.8, 4) is 0 Å². The summed E-state index contributed by atoms with van der Waals surface area (Å²) in [4.78, 5) is 14.8. The molecule has 0 bridgehead atoms. The first-order chi connectivity index (χ1) is 9.53. The number of likely N-dealkylation sites (N-methyl/N-ethyl adjacent to an activating group) is 1. The van der Waals surface area contributed by atoms with Gasteiger partial charge in [-0.25, -0.2) is 0 Å². The van der Waals surface area contributed by atoms with Crippen molar-refractivity contribution >= 4 is 5.91 Å². The van der Waals surface area contributed by atoms with Gasteiger partial charge in [-0.15, -0.1) is 0 Å². The standard InChI is InChI=1S/C17H26N2O/c1-17(2,12-14-8-5-4-6-9-14)16(20)19-11-7-10-15(13-19)18-3/h4-6,8-9,15,18H,7,10-13H2,1-3H3. The van der Waals surface area contributed by atoms with Crippen LogP contribution in [-0.4, -0.2) is 37.0 Å². The first-order valence-corrected chi connectivity index (χ1v) is 7.53. The third kappa shape index (κ3) is 3.60. The highest BCUT2D eigenvalue weighted by atomic mass is 16.2. The Hall–Kier alpha value is -1.35. The Morgan fingerprint density at radius 3 is 2.70 bits per heavy atom. The molecule has 1 N–H and O–H groups in total. The lowest BCUT2D eigenvalue weighted by Crippen LogP contribution is -2.51. The Balaban J connectivity index is 2.03.